The maximum absolute atomic E-state index is 13.2. The lowest BCUT2D eigenvalue weighted by molar-refractivity contribution is 0.629. The second-order valence-electron chi connectivity index (χ2n) is 4.13. The SMILES string of the molecule is Nc1nc(C2CCCS2)c2ccc(F)cc2n1. The smallest absolute Gasteiger partial charge is 0.220 e. The maximum atomic E-state index is 13.2. The normalized spacial score (nSPS) is 19.9. The number of nitrogens with two attached hydrogens (primary N) is 1. The van der Waals surface area contributed by atoms with Crippen LogP contribution >= 0.6 is 11.8 Å². The molecule has 1 aromatic carbocycles. The Bertz CT molecular complexity index is 562. The first kappa shape index (κ1) is 10.8. The molecule has 1 saturated heterocycles. The summed E-state index contributed by atoms with van der Waals surface area (Å²) in [5.74, 6) is 1.09. The molecule has 3 nitrogen and oxygen atoms in total. The Balaban J connectivity index is 2.21. The molecule has 0 amide bonds. The first-order chi connectivity index (χ1) is 8.24. The van der Waals surface area contributed by atoms with Crippen LogP contribution in [0.4, 0.5) is 10.3 Å². The average molecular weight is 249 g/mol. The zero-order valence-corrected chi connectivity index (χ0v) is 10.0. The highest BCUT2D eigenvalue weighted by molar-refractivity contribution is 7.99. The summed E-state index contributed by atoms with van der Waals surface area (Å²) < 4.78 is 13.2. The fourth-order valence-corrected chi connectivity index (χ4v) is 3.47. The maximum Gasteiger partial charge on any atom is 0.220 e. The molecule has 0 bridgehead atoms. The highest BCUT2D eigenvalue weighted by atomic mass is 32.2. The third kappa shape index (κ3) is 1.95. The predicted octanol–water partition coefficient (Wildman–Crippen LogP) is 2.92. The number of fused-ring (bicyclic) bond motifs is 1. The van der Waals surface area contributed by atoms with Crippen molar-refractivity contribution in [3.05, 3.63) is 29.7 Å². The van der Waals surface area contributed by atoms with Crippen molar-refractivity contribution >= 4 is 28.6 Å². The van der Waals surface area contributed by atoms with Gasteiger partial charge in [0.25, 0.3) is 0 Å². The molecule has 5 heteroatoms. The highest BCUT2D eigenvalue weighted by Gasteiger charge is 2.22. The van der Waals surface area contributed by atoms with E-state index in [0.29, 0.717) is 10.8 Å². The van der Waals surface area contributed by atoms with E-state index in [2.05, 4.69) is 9.97 Å². The Morgan fingerprint density at radius 2 is 2.24 bits per heavy atom. The average Bonchev–Trinajstić information content (AvgIpc) is 2.80. The first-order valence-corrected chi connectivity index (χ1v) is 6.63. The van der Waals surface area contributed by atoms with Crippen LogP contribution in [0.2, 0.25) is 0 Å². The van der Waals surface area contributed by atoms with Crippen molar-refractivity contribution in [3.8, 4) is 0 Å². The van der Waals surface area contributed by atoms with E-state index in [-0.39, 0.29) is 11.8 Å². The molecule has 0 saturated carbocycles. The summed E-state index contributed by atoms with van der Waals surface area (Å²) in [6.07, 6.45) is 2.30. The second kappa shape index (κ2) is 4.14. The summed E-state index contributed by atoms with van der Waals surface area (Å²) in [7, 11) is 0. The number of anilines is 1. The van der Waals surface area contributed by atoms with Crippen LogP contribution < -0.4 is 5.73 Å². The van der Waals surface area contributed by atoms with Gasteiger partial charge in [0.05, 0.1) is 11.2 Å². The lowest BCUT2D eigenvalue weighted by atomic mass is 10.1. The highest BCUT2D eigenvalue weighted by Crippen LogP contribution is 2.41. The summed E-state index contributed by atoms with van der Waals surface area (Å²) in [6.45, 7) is 0. The van der Waals surface area contributed by atoms with Crippen LogP contribution in [0, 0.1) is 5.82 Å². The summed E-state index contributed by atoms with van der Waals surface area (Å²) in [5, 5.41) is 1.29. The van der Waals surface area contributed by atoms with E-state index in [1.165, 1.54) is 18.6 Å². The Hall–Kier alpha value is -1.36. The van der Waals surface area contributed by atoms with Crippen LogP contribution in [0.25, 0.3) is 10.9 Å². The van der Waals surface area contributed by atoms with Crippen LogP contribution in [-0.2, 0) is 0 Å². The standard InChI is InChI=1S/C12H12FN3S/c13-7-3-4-8-9(6-7)15-12(14)16-11(8)10-2-1-5-17-10/h3-4,6,10H,1-2,5H2,(H2,14,15,16). The van der Waals surface area contributed by atoms with Crippen LogP contribution in [-0.4, -0.2) is 15.7 Å². The third-order valence-electron chi connectivity index (χ3n) is 2.94. The number of halogens is 1. The first-order valence-electron chi connectivity index (χ1n) is 5.58. The molecule has 3 rings (SSSR count). The Kier molecular flexibility index (Phi) is 2.63. The van der Waals surface area contributed by atoms with E-state index in [9.17, 15) is 4.39 Å². The van der Waals surface area contributed by atoms with Gasteiger partial charge in [0.15, 0.2) is 0 Å². The van der Waals surface area contributed by atoms with E-state index in [0.717, 1.165) is 23.3 Å². The number of nitrogen functional groups attached to an aromatic ring is 1. The number of rotatable bonds is 1. The molecule has 0 aliphatic carbocycles. The van der Waals surface area contributed by atoms with Crippen LogP contribution in [0.15, 0.2) is 18.2 Å². The fourth-order valence-electron chi connectivity index (χ4n) is 2.18. The molecule has 1 aromatic heterocycles. The molecule has 1 aliphatic rings. The quantitative estimate of drug-likeness (QED) is 0.844. The molecule has 1 fully saturated rings. The monoisotopic (exact) mass is 249 g/mol. The van der Waals surface area contributed by atoms with Crippen molar-refractivity contribution in [1.82, 2.24) is 9.97 Å². The molecule has 1 aliphatic heterocycles. The van der Waals surface area contributed by atoms with Gasteiger partial charge in [-0.05, 0) is 30.7 Å². The number of hydrogen-bond acceptors (Lipinski definition) is 4. The molecule has 0 spiro atoms. The predicted molar refractivity (Wildman–Crippen MR) is 68.3 cm³/mol. The van der Waals surface area contributed by atoms with E-state index in [4.69, 9.17) is 5.73 Å². The summed E-state index contributed by atoms with van der Waals surface area (Å²) in [6, 6.07) is 4.61. The van der Waals surface area contributed by atoms with Gasteiger partial charge >= 0.3 is 0 Å². The molecule has 88 valence electrons. The van der Waals surface area contributed by atoms with Crippen molar-refractivity contribution in [2.75, 3.05) is 11.5 Å². The van der Waals surface area contributed by atoms with Crippen LogP contribution in [0.1, 0.15) is 23.8 Å². The third-order valence-corrected chi connectivity index (χ3v) is 4.33. The Morgan fingerprint density at radius 3 is 3.00 bits per heavy atom. The molecule has 2 heterocycles. The molecular weight excluding hydrogens is 237 g/mol. The van der Waals surface area contributed by atoms with E-state index >= 15 is 0 Å². The number of nitrogens with zero attached hydrogens (tertiary/aromatic N) is 2. The van der Waals surface area contributed by atoms with Crippen molar-refractivity contribution in [3.63, 3.8) is 0 Å². The lowest BCUT2D eigenvalue weighted by Crippen LogP contribution is -2.02. The van der Waals surface area contributed by atoms with E-state index in [1.807, 2.05) is 11.8 Å². The van der Waals surface area contributed by atoms with Crippen molar-refractivity contribution in [1.29, 1.82) is 0 Å². The molecular formula is C12H12FN3S. The van der Waals surface area contributed by atoms with Crippen molar-refractivity contribution < 1.29 is 4.39 Å². The summed E-state index contributed by atoms with van der Waals surface area (Å²) in [4.78, 5) is 8.42. The summed E-state index contributed by atoms with van der Waals surface area (Å²) >= 11 is 1.88. The zero-order chi connectivity index (χ0) is 11.8. The number of thioether (sulfide) groups is 1. The van der Waals surface area contributed by atoms with Gasteiger partial charge in [0, 0.05) is 16.7 Å². The van der Waals surface area contributed by atoms with E-state index < -0.39 is 0 Å². The zero-order valence-electron chi connectivity index (χ0n) is 9.19. The van der Waals surface area contributed by atoms with E-state index in [1.54, 1.807) is 6.07 Å². The number of hydrogen-bond donors (Lipinski definition) is 1. The number of benzene rings is 1. The largest absolute Gasteiger partial charge is 0.368 e. The minimum absolute atomic E-state index is 0.227. The summed E-state index contributed by atoms with van der Waals surface area (Å²) in [5.41, 5.74) is 7.24. The molecule has 1 unspecified atom stereocenters. The number of aromatic nitrogens is 2. The van der Waals surface area contributed by atoms with Gasteiger partial charge in [-0.3, -0.25) is 0 Å². The van der Waals surface area contributed by atoms with Gasteiger partial charge in [0.1, 0.15) is 5.82 Å². The molecule has 1 atom stereocenters. The lowest BCUT2D eigenvalue weighted by Gasteiger charge is -2.11. The van der Waals surface area contributed by atoms with Gasteiger partial charge < -0.3 is 5.73 Å². The minimum atomic E-state index is -0.291. The van der Waals surface area contributed by atoms with Gasteiger partial charge in [-0.15, -0.1) is 0 Å². The molecule has 17 heavy (non-hydrogen) atoms. The van der Waals surface area contributed by atoms with Gasteiger partial charge in [-0.25, -0.2) is 14.4 Å². The van der Waals surface area contributed by atoms with Crippen molar-refractivity contribution in [2.24, 2.45) is 0 Å². The van der Waals surface area contributed by atoms with Gasteiger partial charge in [-0.2, -0.15) is 11.8 Å². The Morgan fingerprint density at radius 1 is 1.35 bits per heavy atom. The van der Waals surface area contributed by atoms with Crippen LogP contribution in [0.3, 0.4) is 0 Å². The molecule has 2 N–H and O–H groups in total. The van der Waals surface area contributed by atoms with Gasteiger partial charge in [0.2, 0.25) is 5.95 Å². The second-order valence-corrected chi connectivity index (χ2v) is 5.44. The van der Waals surface area contributed by atoms with Crippen LogP contribution in [0.5, 0.6) is 0 Å². The van der Waals surface area contributed by atoms with Gasteiger partial charge in [-0.1, -0.05) is 0 Å². The fraction of sp³-hybridized carbons (Fsp3) is 0.333. The minimum Gasteiger partial charge on any atom is -0.368 e. The topological polar surface area (TPSA) is 51.8 Å². The molecule has 2 aromatic rings. The molecule has 0 radical (unpaired) electrons. The Labute approximate surface area is 103 Å². The van der Waals surface area contributed by atoms with Crippen molar-refractivity contribution in [2.45, 2.75) is 18.1 Å².